The lowest BCUT2D eigenvalue weighted by Crippen LogP contribution is -2.36. The highest BCUT2D eigenvalue weighted by Gasteiger charge is 2.18. The smallest absolute Gasteiger partial charge is 0.315 e. The summed E-state index contributed by atoms with van der Waals surface area (Å²) >= 11 is 0. The van der Waals surface area contributed by atoms with Crippen LogP contribution in [-0.4, -0.2) is 26.9 Å². The van der Waals surface area contributed by atoms with Gasteiger partial charge in [-0.1, -0.05) is 48.5 Å². The molecule has 2 N–H and O–H groups in total. The molecule has 0 saturated heterocycles. The lowest BCUT2D eigenvalue weighted by molar-refractivity contribution is 0.240. The predicted octanol–water partition coefficient (Wildman–Crippen LogP) is 4.01. The molecule has 152 valence electrons. The molecule has 2 aromatic carbocycles. The Hall–Kier alpha value is -3.80. The maximum atomic E-state index is 12.3. The summed E-state index contributed by atoms with van der Waals surface area (Å²) in [5, 5.41) is 10.6. The molecular weight excluding hydrogens is 374 g/mol. The molecule has 4 rings (SSSR count). The van der Waals surface area contributed by atoms with Crippen LogP contribution in [0.5, 0.6) is 0 Å². The molecule has 0 unspecified atom stereocenters. The minimum atomic E-state index is -0.184. The first-order valence-electron chi connectivity index (χ1n) is 10.1. The number of hydrogen-bond acceptors (Lipinski definition) is 2. The standard InChI is InChI=1S/C24H25N5O/c1-19-22(18-26-24(30)25-15-14-20-10-4-2-5-11-20)23(28-16-8-9-17-28)29(27-19)21-12-6-3-7-13-21/h2-13,16-17H,14-15,18H2,1H3,(H2,25,26,30). The summed E-state index contributed by atoms with van der Waals surface area (Å²) in [6.07, 6.45) is 4.77. The van der Waals surface area contributed by atoms with Crippen molar-refractivity contribution >= 4 is 6.03 Å². The molecule has 0 atom stereocenters. The van der Waals surface area contributed by atoms with Crippen LogP contribution in [0.15, 0.2) is 85.2 Å². The third-order valence-corrected chi connectivity index (χ3v) is 4.97. The van der Waals surface area contributed by atoms with Crippen LogP contribution >= 0.6 is 0 Å². The molecule has 0 aliphatic heterocycles. The van der Waals surface area contributed by atoms with Crippen molar-refractivity contribution in [3.63, 3.8) is 0 Å². The Balaban J connectivity index is 1.47. The van der Waals surface area contributed by atoms with E-state index in [0.29, 0.717) is 13.1 Å². The molecule has 2 heterocycles. The molecule has 4 aromatic rings. The van der Waals surface area contributed by atoms with E-state index in [-0.39, 0.29) is 6.03 Å². The fourth-order valence-electron chi connectivity index (χ4n) is 3.44. The van der Waals surface area contributed by atoms with Crippen molar-refractivity contribution in [3.05, 3.63) is 102 Å². The van der Waals surface area contributed by atoms with Crippen LogP contribution in [0.25, 0.3) is 11.5 Å². The number of para-hydroxylation sites is 1. The second kappa shape index (κ2) is 9.13. The minimum Gasteiger partial charge on any atom is -0.338 e. The monoisotopic (exact) mass is 399 g/mol. The number of rotatable bonds is 7. The number of urea groups is 1. The van der Waals surface area contributed by atoms with Gasteiger partial charge >= 0.3 is 6.03 Å². The van der Waals surface area contributed by atoms with Crippen molar-refractivity contribution in [1.29, 1.82) is 0 Å². The van der Waals surface area contributed by atoms with Crippen LogP contribution in [0.1, 0.15) is 16.8 Å². The number of carbonyl (C=O) groups excluding carboxylic acids is 1. The Morgan fingerprint density at radius 2 is 1.57 bits per heavy atom. The van der Waals surface area contributed by atoms with Gasteiger partial charge in [-0.2, -0.15) is 5.10 Å². The Bertz CT molecular complexity index is 1090. The summed E-state index contributed by atoms with van der Waals surface area (Å²) < 4.78 is 3.94. The maximum Gasteiger partial charge on any atom is 0.315 e. The summed E-state index contributed by atoms with van der Waals surface area (Å²) in [6, 6.07) is 23.9. The highest BCUT2D eigenvalue weighted by atomic mass is 16.2. The number of nitrogens with zero attached hydrogens (tertiary/aromatic N) is 3. The van der Waals surface area contributed by atoms with Crippen molar-refractivity contribution in [3.8, 4) is 11.5 Å². The van der Waals surface area contributed by atoms with Gasteiger partial charge in [0, 0.05) is 24.5 Å². The third kappa shape index (κ3) is 4.43. The number of amides is 2. The fraction of sp³-hybridized carbons (Fsp3) is 0.167. The number of hydrogen-bond donors (Lipinski definition) is 2. The van der Waals surface area contributed by atoms with Gasteiger partial charge in [0.2, 0.25) is 0 Å². The number of aromatic nitrogens is 3. The average Bonchev–Trinajstić information content (AvgIpc) is 3.41. The normalized spacial score (nSPS) is 10.7. The molecular formula is C24H25N5O. The third-order valence-electron chi connectivity index (χ3n) is 4.97. The van der Waals surface area contributed by atoms with Crippen molar-refractivity contribution in [2.45, 2.75) is 19.9 Å². The van der Waals surface area contributed by atoms with Crippen LogP contribution in [-0.2, 0) is 13.0 Å². The van der Waals surface area contributed by atoms with Crippen LogP contribution in [0, 0.1) is 6.92 Å². The maximum absolute atomic E-state index is 12.3. The SMILES string of the molecule is Cc1nn(-c2ccccc2)c(-n2cccc2)c1CNC(=O)NCCc1ccccc1. The minimum absolute atomic E-state index is 0.184. The van der Waals surface area contributed by atoms with Crippen LogP contribution in [0.4, 0.5) is 4.79 Å². The zero-order valence-electron chi connectivity index (χ0n) is 17.0. The Morgan fingerprint density at radius 3 is 2.27 bits per heavy atom. The lowest BCUT2D eigenvalue weighted by Gasteiger charge is -2.12. The highest BCUT2D eigenvalue weighted by Crippen LogP contribution is 2.22. The molecule has 0 bridgehead atoms. The Morgan fingerprint density at radius 1 is 0.900 bits per heavy atom. The molecule has 0 fully saturated rings. The van der Waals surface area contributed by atoms with Crippen LogP contribution in [0.2, 0.25) is 0 Å². The van der Waals surface area contributed by atoms with Crippen LogP contribution in [0.3, 0.4) is 0 Å². The van der Waals surface area contributed by atoms with Gasteiger partial charge in [0.15, 0.2) is 0 Å². The molecule has 2 amide bonds. The number of nitrogens with one attached hydrogen (secondary N) is 2. The van der Waals surface area contributed by atoms with E-state index >= 15 is 0 Å². The quantitative estimate of drug-likeness (QED) is 0.493. The topological polar surface area (TPSA) is 63.9 Å². The first kappa shape index (κ1) is 19.5. The molecule has 2 aromatic heterocycles. The van der Waals surface area contributed by atoms with Gasteiger partial charge in [0.05, 0.1) is 17.9 Å². The summed E-state index contributed by atoms with van der Waals surface area (Å²) in [5.41, 5.74) is 4.04. The Labute approximate surface area is 176 Å². The van der Waals surface area contributed by atoms with E-state index in [1.165, 1.54) is 5.56 Å². The molecule has 6 heteroatoms. The van der Waals surface area contributed by atoms with E-state index in [4.69, 9.17) is 5.10 Å². The number of benzene rings is 2. The van der Waals surface area contributed by atoms with E-state index in [1.807, 2.05) is 89.2 Å². The summed E-state index contributed by atoms with van der Waals surface area (Å²) in [7, 11) is 0. The van der Waals surface area contributed by atoms with Gasteiger partial charge in [0.1, 0.15) is 5.82 Å². The van der Waals surface area contributed by atoms with Crippen molar-refractivity contribution in [1.82, 2.24) is 25.0 Å². The Kier molecular flexibility index (Phi) is 5.94. The zero-order valence-corrected chi connectivity index (χ0v) is 17.0. The zero-order chi connectivity index (χ0) is 20.8. The first-order chi connectivity index (χ1) is 14.7. The molecule has 30 heavy (non-hydrogen) atoms. The van der Waals surface area contributed by atoms with Gasteiger partial charge in [0.25, 0.3) is 0 Å². The van der Waals surface area contributed by atoms with Crippen LogP contribution < -0.4 is 10.6 Å². The van der Waals surface area contributed by atoms with Crippen molar-refractivity contribution in [2.75, 3.05) is 6.54 Å². The van der Waals surface area contributed by atoms with Gasteiger partial charge in [-0.25, -0.2) is 9.48 Å². The fourth-order valence-corrected chi connectivity index (χ4v) is 3.44. The van der Waals surface area contributed by atoms with E-state index in [0.717, 1.165) is 29.2 Å². The molecule has 0 aliphatic carbocycles. The predicted molar refractivity (Wildman–Crippen MR) is 118 cm³/mol. The molecule has 0 saturated carbocycles. The molecule has 0 radical (unpaired) electrons. The summed E-state index contributed by atoms with van der Waals surface area (Å²) in [5.74, 6) is 0.924. The van der Waals surface area contributed by atoms with E-state index in [1.54, 1.807) is 0 Å². The highest BCUT2D eigenvalue weighted by molar-refractivity contribution is 5.74. The van der Waals surface area contributed by atoms with Gasteiger partial charge in [-0.05, 0) is 43.2 Å². The van der Waals surface area contributed by atoms with Gasteiger partial charge in [-0.15, -0.1) is 0 Å². The summed E-state index contributed by atoms with van der Waals surface area (Å²) in [4.78, 5) is 12.3. The molecule has 0 spiro atoms. The first-order valence-corrected chi connectivity index (χ1v) is 10.1. The largest absolute Gasteiger partial charge is 0.338 e. The average molecular weight is 399 g/mol. The van der Waals surface area contributed by atoms with E-state index in [9.17, 15) is 4.79 Å². The number of carbonyl (C=O) groups is 1. The van der Waals surface area contributed by atoms with Crippen molar-refractivity contribution < 1.29 is 4.79 Å². The van der Waals surface area contributed by atoms with E-state index in [2.05, 4.69) is 22.8 Å². The second-order valence-corrected chi connectivity index (χ2v) is 7.07. The molecule has 0 aliphatic rings. The second-order valence-electron chi connectivity index (χ2n) is 7.07. The van der Waals surface area contributed by atoms with Gasteiger partial charge in [-0.3, -0.25) is 0 Å². The lowest BCUT2D eigenvalue weighted by atomic mass is 10.1. The van der Waals surface area contributed by atoms with E-state index < -0.39 is 0 Å². The molecule has 6 nitrogen and oxygen atoms in total. The van der Waals surface area contributed by atoms with Crippen molar-refractivity contribution in [2.24, 2.45) is 0 Å². The number of aryl methyl sites for hydroxylation is 1. The summed E-state index contributed by atoms with van der Waals surface area (Å²) in [6.45, 7) is 2.95. The van der Waals surface area contributed by atoms with Gasteiger partial charge < -0.3 is 15.2 Å².